The Bertz CT molecular complexity index is 551. The molecule has 1 aliphatic heterocycles. The van der Waals surface area contributed by atoms with Crippen LogP contribution in [0.5, 0.6) is 0 Å². The molecular weight excluding hydrogens is 328 g/mol. The molecule has 0 bridgehead atoms. The molecule has 0 spiro atoms. The van der Waals surface area contributed by atoms with Gasteiger partial charge in [0.2, 0.25) is 0 Å². The van der Waals surface area contributed by atoms with E-state index in [1.807, 2.05) is 45.0 Å². The standard InChI is InChI=1S/C18H27ClN2O3/c1-18(2,3)24-17(23)20-9-7-15(8-10-20)21(11-12-22)16-6-4-5-14(19)13-16/h4-6,13,15,22H,7-12H2,1-3H3. The van der Waals surface area contributed by atoms with Gasteiger partial charge in [-0.3, -0.25) is 0 Å². The number of carbonyl (C=O) groups is 1. The molecule has 1 aromatic carbocycles. The number of benzene rings is 1. The SMILES string of the molecule is CC(C)(C)OC(=O)N1CCC(N(CCO)c2cccc(Cl)c2)CC1. The summed E-state index contributed by atoms with van der Waals surface area (Å²) < 4.78 is 5.44. The van der Waals surface area contributed by atoms with Crippen molar-refractivity contribution in [3.05, 3.63) is 29.3 Å². The van der Waals surface area contributed by atoms with Crippen LogP contribution in [0.2, 0.25) is 5.02 Å². The zero-order chi connectivity index (χ0) is 17.7. The second-order valence-corrected chi connectivity index (χ2v) is 7.53. The largest absolute Gasteiger partial charge is 0.444 e. The summed E-state index contributed by atoms with van der Waals surface area (Å²) in [6.45, 7) is 7.57. The van der Waals surface area contributed by atoms with Gasteiger partial charge in [0, 0.05) is 36.4 Å². The number of carbonyl (C=O) groups excluding carboxylic acids is 1. The van der Waals surface area contributed by atoms with Crippen molar-refractivity contribution in [2.75, 3.05) is 31.1 Å². The summed E-state index contributed by atoms with van der Waals surface area (Å²) in [5.41, 5.74) is 0.532. The van der Waals surface area contributed by atoms with Gasteiger partial charge in [-0.05, 0) is 51.8 Å². The molecule has 0 aliphatic carbocycles. The number of anilines is 1. The van der Waals surface area contributed by atoms with Crippen molar-refractivity contribution in [2.24, 2.45) is 0 Å². The van der Waals surface area contributed by atoms with Crippen molar-refractivity contribution in [1.29, 1.82) is 0 Å². The van der Waals surface area contributed by atoms with E-state index in [1.54, 1.807) is 4.90 Å². The number of aliphatic hydroxyl groups is 1. The number of hydrogen-bond donors (Lipinski definition) is 1. The van der Waals surface area contributed by atoms with E-state index in [0.29, 0.717) is 24.7 Å². The van der Waals surface area contributed by atoms with Gasteiger partial charge in [0.25, 0.3) is 0 Å². The first-order valence-corrected chi connectivity index (χ1v) is 8.79. The van der Waals surface area contributed by atoms with Crippen LogP contribution in [0.25, 0.3) is 0 Å². The highest BCUT2D eigenvalue weighted by Crippen LogP contribution is 2.26. The molecule has 0 radical (unpaired) electrons. The number of ether oxygens (including phenoxy) is 1. The van der Waals surface area contributed by atoms with Crippen molar-refractivity contribution in [3.8, 4) is 0 Å². The molecule has 2 rings (SSSR count). The Morgan fingerprint density at radius 1 is 1.38 bits per heavy atom. The molecule has 1 aromatic rings. The van der Waals surface area contributed by atoms with E-state index >= 15 is 0 Å². The molecule has 24 heavy (non-hydrogen) atoms. The summed E-state index contributed by atoms with van der Waals surface area (Å²) in [6.07, 6.45) is 1.43. The normalized spacial score (nSPS) is 16.1. The fourth-order valence-electron chi connectivity index (χ4n) is 2.97. The van der Waals surface area contributed by atoms with Gasteiger partial charge in [-0.1, -0.05) is 17.7 Å². The molecule has 1 aliphatic rings. The highest BCUT2D eigenvalue weighted by Gasteiger charge is 2.29. The minimum Gasteiger partial charge on any atom is -0.444 e. The fraction of sp³-hybridized carbons (Fsp3) is 0.611. The van der Waals surface area contributed by atoms with Crippen LogP contribution in [0.4, 0.5) is 10.5 Å². The highest BCUT2D eigenvalue weighted by molar-refractivity contribution is 6.30. The molecule has 0 unspecified atom stereocenters. The second-order valence-electron chi connectivity index (χ2n) is 7.10. The van der Waals surface area contributed by atoms with Gasteiger partial charge in [0.05, 0.1) is 6.61 Å². The minimum atomic E-state index is -0.475. The zero-order valence-corrected chi connectivity index (χ0v) is 15.4. The summed E-state index contributed by atoms with van der Waals surface area (Å²) in [5, 5.41) is 10.1. The van der Waals surface area contributed by atoms with Gasteiger partial charge in [0.15, 0.2) is 0 Å². The van der Waals surface area contributed by atoms with Crippen LogP contribution < -0.4 is 4.90 Å². The predicted octanol–water partition coefficient (Wildman–Crippen LogP) is 3.54. The van der Waals surface area contributed by atoms with Crippen molar-refractivity contribution in [3.63, 3.8) is 0 Å². The van der Waals surface area contributed by atoms with Crippen molar-refractivity contribution >= 4 is 23.4 Å². The highest BCUT2D eigenvalue weighted by atomic mass is 35.5. The Balaban J connectivity index is 1.99. The number of likely N-dealkylation sites (tertiary alicyclic amines) is 1. The van der Waals surface area contributed by atoms with Gasteiger partial charge >= 0.3 is 6.09 Å². The lowest BCUT2D eigenvalue weighted by Crippen LogP contribution is -2.48. The minimum absolute atomic E-state index is 0.0821. The van der Waals surface area contributed by atoms with Crippen molar-refractivity contribution < 1.29 is 14.6 Å². The second kappa shape index (κ2) is 8.08. The lowest BCUT2D eigenvalue weighted by molar-refractivity contribution is 0.0204. The van der Waals surface area contributed by atoms with E-state index in [1.165, 1.54) is 0 Å². The van der Waals surface area contributed by atoms with Crippen LogP contribution in [0.15, 0.2) is 24.3 Å². The molecule has 5 nitrogen and oxygen atoms in total. The van der Waals surface area contributed by atoms with E-state index in [2.05, 4.69) is 4.90 Å². The first kappa shape index (κ1) is 18.9. The first-order chi connectivity index (χ1) is 11.3. The third-order valence-electron chi connectivity index (χ3n) is 4.04. The van der Waals surface area contributed by atoms with Crippen LogP contribution in [-0.2, 0) is 4.74 Å². The number of rotatable bonds is 4. The van der Waals surface area contributed by atoms with Crippen LogP contribution in [0.1, 0.15) is 33.6 Å². The lowest BCUT2D eigenvalue weighted by atomic mass is 10.0. The Morgan fingerprint density at radius 3 is 2.58 bits per heavy atom. The Hall–Kier alpha value is -1.46. The maximum atomic E-state index is 12.2. The average molecular weight is 355 g/mol. The van der Waals surface area contributed by atoms with Crippen molar-refractivity contribution in [2.45, 2.75) is 45.3 Å². The number of amides is 1. The number of piperidine rings is 1. The van der Waals surface area contributed by atoms with E-state index in [-0.39, 0.29) is 18.7 Å². The number of hydrogen-bond acceptors (Lipinski definition) is 4. The van der Waals surface area contributed by atoms with Gasteiger partial charge in [-0.15, -0.1) is 0 Å². The van der Waals surface area contributed by atoms with Gasteiger partial charge in [-0.25, -0.2) is 4.79 Å². The number of halogens is 1. The van der Waals surface area contributed by atoms with Crippen LogP contribution in [0.3, 0.4) is 0 Å². The topological polar surface area (TPSA) is 53.0 Å². The Morgan fingerprint density at radius 2 is 2.04 bits per heavy atom. The average Bonchev–Trinajstić information content (AvgIpc) is 2.51. The van der Waals surface area contributed by atoms with Gasteiger partial charge < -0.3 is 19.6 Å². The summed E-state index contributed by atoms with van der Waals surface area (Å²) in [6, 6.07) is 7.94. The van der Waals surface area contributed by atoms with Crippen molar-refractivity contribution in [1.82, 2.24) is 4.90 Å². The molecule has 134 valence electrons. The molecule has 1 fully saturated rings. The third kappa shape index (κ3) is 5.28. The monoisotopic (exact) mass is 354 g/mol. The molecule has 0 aromatic heterocycles. The van der Waals surface area contributed by atoms with E-state index in [9.17, 15) is 9.90 Å². The first-order valence-electron chi connectivity index (χ1n) is 8.41. The molecule has 1 amide bonds. The van der Waals surface area contributed by atoms with Crippen LogP contribution in [-0.4, -0.2) is 54.0 Å². The molecule has 6 heteroatoms. The van der Waals surface area contributed by atoms with Gasteiger partial charge in [0.1, 0.15) is 5.60 Å². The molecular formula is C18H27ClN2O3. The summed E-state index contributed by atoms with van der Waals surface area (Å²) >= 11 is 6.10. The quantitative estimate of drug-likeness (QED) is 0.898. The summed E-state index contributed by atoms with van der Waals surface area (Å²) in [4.78, 5) is 16.1. The fourth-order valence-corrected chi connectivity index (χ4v) is 3.16. The third-order valence-corrected chi connectivity index (χ3v) is 4.27. The number of nitrogens with zero attached hydrogens (tertiary/aromatic N) is 2. The molecule has 1 N–H and O–H groups in total. The molecule has 1 saturated heterocycles. The molecule has 0 atom stereocenters. The smallest absolute Gasteiger partial charge is 0.410 e. The van der Waals surface area contributed by atoms with E-state index < -0.39 is 5.60 Å². The Kier molecular flexibility index (Phi) is 6.35. The molecule has 0 saturated carbocycles. The van der Waals surface area contributed by atoms with E-state index in [0.717, 1.165) is 18.5 Å². The maximum absolute atomic E-state index is 12.2. The van der Waals surface area contributed by atoms with Gasteiger partial charge in [-0.2, -0.15) is 0 Å². The molecule has 1 heterocycles. The predicted molar refractivity (Wildman–Crippen MR) is 96.7 cm³/mol. The number of aliphatic hydroxyl groups excluding tert-OH is 1. The summed E-state index contributed by atoms with van der Waals surface area (Å²) in [5.74, 6) is 0. The maximum Gasteiger partial charge on any atom is 0.410 e. The lowest BCUT2D eigenvalue weighted by Gasteiger charge is -2.40. The van der Waals surface area contributed by atoms with E-state index in [4.69, 9.17) is 16.3 Å². The van der Waals surface area contributed by atoms with Crippen LogP contribution in [0, 0.1) is 0 Å². The zero-order valence-electron chi connectivity index (χ0n) is 14.7. The Labute approximate surface area is 149 Å². The van der Waals surface area contributed by atoms with Crippen LogP contribution >= 0.6 is 11.6 Å². The summed E-state index contributed by atoms with van der Waals surface area (Å²) in [7, 11) is 0.